The maximum absolute atomic E-state index is 11.9. The summed E-state index contributed by atoms with van der Waals surface area (Å²) in [5, 5.41) is 7.17. The van der Waals surface area contributed by atoms with Crippen molar-refractivity contribution in [3.8, 4) is 0 Å². The first-order valence-electron chi connectivity index (χ1n) is 8.34. The second kappa shape index (κ2) is 10.7. The van der Waals surface area contributed by atoms with Gasteiger partial charge in [0.15, 0.2) is 6.61 Å². The van der Waals surface area contributed by atoms with Crippen LogP contribution in [0.4, 0.5) is 5.69 Å². The maximum Gasteiger partial charge on any atom is 0.316 e. The summed E-state index contributed by atoms with van der Waals surface area (Å²) < 4.78 is 4.91. The second-order valence-electron chi connectivity index (χ2n) is 5.81. The molecule has 144 valence electrons. The normalized spacial score (nSPS) is 10.3. The molecule has 0 saturated heterocycles. The number of benzene rings is 1. The first-order chi connectivity index (χ1) is 13.0. The molecule has 0 atom stereocenters. The SMILES string of the molecule is Cc1cccc(NC(=O)CNC(=O)COC(=O)CSCc2cccs2)c1C. The molecule has 0 bridgehead atoms. The van der Waals surface area contributed by atoms with E-state index in [4.69, 9.17) is 4.74 Å². The molecule has 27 heavy (non-hydrogen) atoms. The number of amides is 2. The molecule has 0 fully saturated rings. The van der Waals surface area contributed by atoms with Crippen molar-refractivity contribution >= 4 is 46.6 Å². The Hall–Kier alpha value is -2.32. The predicted molar refractivity (Wildman–Crippen MR) is 109 cm³/mol. The van der Waals surface area contributed by atoms with Gasteiger partial charge in [0.25, 0.3) is 5.91 Å². The highest BCUT2D eigenvalue weighted by Crippen LogP contribution is 2.18. The summed E-state index contributed by atoms with van der Waals surface area (Å²) in [5.74, 6) is -0.389. The Labute approximate surface area is 166 Å². The quantitative estimate of drug-likeness (QED) is 0.626. The van der Waals surface area contributed by atoms with Crippen molar-refractivity contribution < 1.29 is 19.1 Å². The molecule has 0 unspecified atom stereocenters. The summed E-state index contributed by atoms with van der Waals surface area (Å²) in [4.78, 5) is 36.5. The summed E-state index contributed by atoms with van der Waals surface area (Å²) in [7, 11) is 0. The van der Waals surface area contributed by atoms with Gasteiger partial charge >= 0.3 is 5.97 Å². The summed E-state index contributed by atoms with van der Waals surface area (Å²) in [5.41, 5.74) is 2.76. The fourth-order valence-corrected chi connectivity index (χ4v) is 3.79. The van der Waals surface area contributed by atoms with Gasteiger partial charge in [-0.05, 0) is 42.5 Å². The smallest absolute Gasteiger partial charge is 0.316 e. The molecule has 0 aliphatic rings. The van der Waals surface area contributed by atoms with E-state index in [1.165, 1.54) is 16.6 Å². The monoisotopic (exact) mass is 406 g/mol. The molecule has 0 radical (unpaired) electrons. The van der Waals surface area contributed by atoms with Crippen LogP contribution in [0.5, 0.6) is 0 Å². The van der Waals surface area contributed by atoms with Crippen LogP contribution in [0, 0.1) is 13.8 Å². The van der Waals surface area contributed by atoms with Gasteiger partial charge in [-0.1, -0.05) is 18.2 Å². The van der Waals surface area contributed by atoms with Gasteiger partial charge in [-0.25, -0.2) is 0 Å². The highest BCUT2D eigenvalue weighted by atomic mass is 32.2. The van der Waals surface area contributed by atoms with Crippen molar-refractivity contribution in [2.75, 3.05) is 24.2 Å². The Morgan fingerprint density at radius 1 is 1.11 bits per heavy atom. The molecule has 1 aromatic heterocycles. The van der Waals surface area contributed by atoms with E-state index in [0.29, 0.717) is 5.69 Å². The minimum Gasteiger partial charge on any atom is -0.455 e. The van der Waals surface area contributed by atoms with E-state index in [-0.39, 0.29) is 18.2 Å². The predicted octanol–water partition coefficient (Wildman–Crippen LogP) is 2.90. The van der Waals surface area contributed by atoms with E-state index in [2.05, 4.69) is 10.6 Å². The molecule has 0 spiro atoms. The Bertz CT molecular complexity index is 791. The number of anilines is 1. The van der Waals surface area contributed by atoms with Crippen LogP contribution in [0.25, 0.3) is 0 Å². The number of hydrogen-bond acceptors (Lipinski definition) is 6. The van der Waals surface area contributed by atoms with Crippen LogP contribution in [0.3, 0.4) is 0 Å². The number of rotatable bonds is 9. The summed E-state index contributed by atoms with van der Waals surface area (Å²) in [6.07, 6.45) is 0. The fourth-order valence-electron chi connectivity index (χ4n) is 2.13. The third kappa shape index (κ3) is 7.44. The molecule has 6 nitrogen and oxygen atoms in total. The Morgan fingerprint density at radius 2 is 1.93 bits per heavy atom. The summed E-state index contributed by atoms with van der Waals surface area (Å²) >= 11 is 3.06. The van der Waals surface area contributed by atoms with Gasteiger partial charge in [-0.2, -0.15) is 0 Å². The molecule has 1 aromatic carbocycles. The largest absolute Gasteiger partial charge is 0.455 e. The van der Waals surface area contributed by atoms with Crippen molar-refractivity contribution in [2.45, 2.75) is 19.6 Å². The van der Waals surface area contributed by atoms with Gasteiger partial charge in [-0.15, -0.1) is 23.1 Å². The lowest BCUT2D eigenvalue weighted by Crippen LogP contribution is -2.35. The van der Waals surface area contributed by atoms with Crippen molar-refractivity contribution in [3.05, 3.63) is 51.7 Å². The zero-order chi connectivity index (χ0) is 19.6. The number of thioether (sulfide) groups is 1. The third-order valence-electron chi connectivity index (χ3n) is 3.73. The number of ether oxygens (including phenoxy) is 1. The third-order valence-corrected chi connectivity index (χ3v) is 5.75. The number of aryl methyl sites for hydroxylation is 1. The first kappa shape index (κ1) is 21.0. The number of hydrogen-bond donors (Lipinski definition) is 2. The Kier molecular flexibility index (Phi) is 8.35. The molecule has 2 rings (SSSR count). The number of esters is 1. The minimum atomic E-state index is -0.511. The molecule has 0 aliphatic heterocycles. The van der Waals surface area contributed by atoms with E-state index in [9.17, 15) is 14.4 Å². The molecule has 0 aliphatic carbocycles. The van der Waals surface area contributed by atoms with Gasteiger partial charge in [0.1, 0.15) is 0 Å². The van der Waals surface area contributed by atoms with Gasteiger partial charge < -0.3 is 15.4 Å². The van der Waals surface area contributed by atoms with E-state index >= 15 is 0 Å². The van der Waals surface area contributed by atoms with Crippen LogP contribution in [0.1, 0.15) is 16.0 Å². The van der Waals surface area contributed by atoms with Gasteiger partial charge in [0, 0.05) is 16.3 Å². The minimum absolute atomic E-state index is 0.179. The lowest BCUT2D eigenvalue weighted by Gasteiger charge is -2.11. The Balaban J connectivity index is 1.61. The highest BCUT2D eigenvalue weighted by Gasteiger charge is 2.11. The number of carbonyl (C=O) groups is 3. The molecule has 1 heterocycles. The molecule has 0 saturated carbocycles. The van der Waals surface area contributed by atoms with Crippen LogP contribution in [0.15, 0.2) is 35.7 Å². The van der Waals surface area contributed by atoms with Crippen molar-refractivity contribution in [2.24, 2.45) is 0 Å². The molecular formula is C19H22N2O4S2. The molecule has 2 amide bonds. The van der Waals surface area contributed by atoms with Crippen molar-refractivity contribution in [3.63, 3.8) is 0 Å². The van der Waals surface area contributed by atoms with Gasteiger partial charge in [0.05, 0.1) is 12.3 Å². The average molecular weight is 407 g/mol. The second-order valence-corrected chi connectivity index (χ2v) is 7.82. The summed E-state index contributed by atoms with van der Waals surface area (Å²) in [6.45, 7) is 3.30. The van der Waals surface area contributed by atoms with Crippen LogP contribution in [0.2, 0.25) is 0 Å². The van der Waals surface area contributed by atoms with E-state index < -0.39 is 18.5 Å². The lowest BCUT2D eigenvalue weighted by atomic mass is 10.1. The molecule has 2 aromatic rings. The van der Waals surface area contributed by atoms with Crippen molar-refractivity contribution in [1.82, 2.24) is 5.32 Å². The fraction of sp³-hybridized carbons (Fsp3) is 0.316. The average Bonchev–Trinajstić information content (AvgIpc) is 3.15. The van der Waals surface area contributed by atoms with E-state index in [1.54, 1.807) is 17.4 Å². The van der Waals surface area contributed by atoms with Crippen LogP contribution in [-0.2, 0) is 24.9 Å². The number of thiophene rings is 1. The van der Waals surface area contributed by atoms with Gasteiger partial charge in [-0.3, -0.25) is 14.4 Å². The van der Waals surface area contributed by atoms with Crippen LogP contribution < -0.4 is 10.6 Å². The van der Waals surface area contributed by atoms with E-state index in [0.717, 1.165) is 16.9 Å². The lowest BCUT2D eigenvalue weighted by molar-refractivity contribution is -0.146. The van der Waals surface area contributed by atoms with Crippen molar-refractivity contribution in [1.29, 1.82) is 0 Å². The topological polar surface area (TPSA) is 84.5 Å². The van der Waals surface area contributed by atoms with Gasteiger partial charge in [0.2, 0.25) is 5.91 Å². The van der Waals surface area contributed by atoms with Crippen LogP contribution >= 0.6 is 23.1 Å². The Morgan fingerprint density at radius 3 is 2.67 bits per heavy atom. The number of nitrogens with one attached hydrogen (secondary N) is 2. The van der Waals surface area contributed by atoms with Crippen LogP contribution in [-0.4, -0.2) is 36.7 Å². The zero-order valence-corrected chi connectivity index (χ0v) is 16.9. The molecule has 8 heteroatoms. The first-order valence-corrected chi connectivity index (χ1v) is 10.4. The summed E-state index contributed by atoms with van der Waals surface area (Å²) in [6, 6.07) is 9.57. The maximum atomic E-state index is 11.9. The molecular weight excluding hydrogens is 384 g/mol. The zero-order valence-electron chi connectivity index (χ0n) is 15.2. The standard InChI is InChI=1S/C19H22N2O4S2/c1-13-5-3-7-16(14(13)2)21-17(22)9-20-18(23)10-25-19(24)12-26-11-15-6-4-8-27-15/h3-8H,9-12H2,1-2H3,(H,20,23)(H,21,22). The molecule has 2 N–H and O–H groups in total. The highest BCUT2D eigenvalue weighted by molar-refractivity contribution is 7.99. The van der Waals surface area contributed by atoms with E-state index in [1.807, 2.05) is 43.5 Å². The number of carbonyl (C=O) groups excluding carboxylic acids is 3.